The van der Waals surface area contributed by atoms with Crippen molar-refractivity contribution in [2.75, 3.05) is 0 Å². The van der Waals surface area contributed by atoms with Crippen molar-refractivity contribution in [2.24, 2.45) is 0 Å². The van der Waals surface area contributed by atoms with Gasteiger partial charge in [-0.2, -0.15) is 0 Å². The number of aliphatic carboxylic acids is 1. The first-order valence-corrected chi connectivity index (χ1v) is 8.54. The van der Waals surface area contributed by atoms with Gasteiger partial charge in [0.2, 0.25) is 0 Å². The van der Waals surface area contributed by atoms with Crippen molar-refractivity contribution in [2.45, 2.75) is 64.7 Å². The summed E-state index contributed by atoms with van der Waals surface area (Å²) in [6.07, 6.45) is 23.3. The zero-order valence-corrected chi connectivity index (χ0v) is 14.2. The number of carbonyl (C=O) groups is 2. The molecule has 3 nitrogen and oxygen atoms in total. The fourth-order valence-electron chi connectivity index (χ4n) is 1.89. The average Bonchev–Trinajstić information content (AvgIpc) is 2.51. The topological polar surface area (TPSA) is 54.4 Å². The third kappa shape index (κ3) is 18.1. The molecule has 0 amide bonds. The van der Waals surface area contributed by atoms with Gasteiger partial charge in [-0.05, 0) is 38.2 Å². The van der Waals surface area contributed by atoms with Crippen LogP contribution < -0.4 is 0 Å². The molecular weight excluding hydrogens is 288 g/mol. The molecule has 0 aliphatic carbocycles. The van der Waals surface area contributed by atoms with Gasteiger partial charge < -0.3 is 5.11 Å². The molecule has 0 saturated heterocycles. The van der Waals surface area contributed by atoms with Crippen LogP contribution in [0.4, 0.5) is 0 Å². The van der Waals surface area contributed by atoms with E-state index in [9.17, 15) is 9.59 Å². The van der Waals surface area contributed by atoms with E-state index in [1.807, 2.05) is 12.2 Å². The van der Waals surface area contributed by atoms with Crippen LogP contribution in [-0.2, 0) is 9.59 Å². The smallest absolute Gasteiger partial charge is 0.303 e. The lowest BCUT2D eigenvalue weighted by molar-refractivity contribution is -0.137. The van der Waals surface area contributed by atoms with Gasteiger partial charge in [0.1, 0.15) is 0 Å². The monoisotopic (exact) mass is 318 g/mol. The third-order valence-electron chi connectivity index (χ3n) is 3.20. The molecular formula is C20H30O3. The molecule has 23 heavy (non-hydrogen) atoms. The second kappa shape index (κ2) is 16.5. The second-order valence-corrected chi connectivity index (χ2v) is 5.41. The summed E-state index contributed by atoms with van der Waals surface area (Å²) in [6, 6.07) is 0. The molecule has 0 fully saturated rings. The highest BCUT2D eigenvalue weighted by Gasteiger charge is 1.99. The molecule has 0 radical (unpaired) electrons. The van der Waals surface area contributed by atoms with Crippen molar-refractivity contribution in [1.29, 1.82) is 0 Å². The molecule has 0 aromatic heterocycles. The molecule has 0 unspecified atom stereocenters. The van der Waals surface area contributed by atoms with Crippen LogP contribution in [0.1, 0.15) is 64.7 Å². The Balaban J connectivity index is 3.61. The number of unbranched alkanes of at least 4 members (excludes halogenated alkanes) is 3. The number of carboxylic acid groups (broad SMARTS) is 1. The molecule has 0 saturated carbocycles. The van der Waals surface area contributed by atoms with Crippen LogP contribution in [0.3, 0.4) is 0 Å². The van der Waals surface area contributed by atoms with Crippen molar-refractivity contribution >= 4 is 11.8 Å². The Hall–Kier alpha value is -1.90. The molecule has 0 aliphatic rings. The summed E-state index contributed by atoms with van der Waals surface area (Å²) in [6.45, 7) is 2.21. The molecule has 0 aliphatic heterocycles. The molecule has 0 aromatic carbocycles. The Morgan fingerprint density at radius 2 is 1.52 bits per heavy atom. The zero-order chi connectivity index (χ0) is 17.2. The van der Waals surface area contributed by atoms with Crippen LogP contribution in [0.2, 0.25) is 0 Å². The summed E-state index contributed by atoms with van der Waals surface area (Å²) < 4.78 is 0. The maximum Gasteiger partial charge on any atom is 0.303 e. The first-order chi connectivity index (χ1) is 11.2. The van der Waals surface area contributed by atoms with Gasteiger partial charge in [0.05, 0.1) is 0 Å². The van der Waals surface area contributed by atoms with Gasteiger partial charge in [0.15, 0.2) is 5.78 Å². The zero-order valence-electron chi connectivity index (χ0n) is 14.2. The Morgan fingerprint density at radius 3 is 2.22 bits per heavy atom. The molecule has 0 bridgehead atoms. The van der Waals surface area contributed by atoms with E-state index in [1.165, 1.54) is 31.8 Å². The van der Waals surface area contributed by atoms with Gasteiger partial charge in [0.25, 0.3) is 0 Å². The molecule has 1 N–H and O–H groups in total. The van der Waals surface area contributed by atoms with E-state index < -0.39 is 5.97 Å². The molecule has 128 valence electrons. The minimum absolute atomic E-state index is 0.0281. The van der Waals surface area contributed by atoms with Crippen LogP contribution in [-0.4, -0.2) is 16.9 Å². The second-order valence-electron chi connectivity index (χ2n) is 5.41. The Bertz CT molecular complexity index is 428. The van der Waals surface area contributed by atoms with E-state index >= 15 is 0 Å². The normalized spacial score (nSPS) is 12.2. The van der Waals surface area contributed by atoms with E-state index in [0.29, 0.717) is 12.8 Å². The standard InChI is InChI=1S/C20H30O3/c1-2-3-4-5-6-7-8-9-10-11-12-13-14-16-19(21)17-15-18-20(22)23/h6-7,9-10,12-14,16H,2-5,8,11,15,17-18H2,1H3,(H,22,23)/b7-6+,10-9+,13-12+,16-14-. The van der Waals surface area contributed by atoms with Gasteiger partial charge >= 0.3 is 5.97 Å². The van der Waals surface area contributed by atoms with Crippen molar-refractivity contribution in [3.05, 3.63) is 48.6 Å². The lowest BCUT2D eigenvalue weighted by atomic mass is 10.1. The first-order valence-electron chi connectivity index (χ1n) is 8.54. The predicted molar refractivity (Wildman–Crippen MR) is 96.4 cm³/mol. The van der Waals surface area contributed by atoms with Crippen LogP contribution in [0, 0.1) is 0 Å². The van der Waals surface area contributed by atoms with Crippen molar-refractivity contribution in [3.63, 3.8) is 0 Å². The Labute approximate surface area is 140 Å². The minimum Gasteiger partial charge on any atom is -0.481 e. The van der Waals surface area contributed by atoms with E-state index in [4.69, 9.17) is 5.11 Å². The number of hydrogen-bond acceptors (Lipinski definition) is 2. The number of carbonyl (C=O) groups excluding carboxylic acids is 1. The van der Waals surface area contributed by atoms with Crippen LogP contribution >= 0.6 is 0 Å². The van der Waals surface area contributed by atoms with E-state index in [0.717, 1.165) is 12.8 Å². The van der Waals surface area contributed by atoms with Crippen LogP contribution in [0.5, 0.6) is 0 Å². The largest absolute Gasteiger partial charge is 0.481 e. The van der Waals surface area contributed by atoms with Gasteiger partial charge in [-0.15, -0.1) is 0 Å². The fraction of sp³-hybridized carbons (Fsp3) is 0.500. The summed E-state index contributed by atoms with van der Waals surface area (Å²) in [7, 11) is 0. The maximum atomic E-state index is 11.4. The highest BCUT2D eigenvalue weighted by Crippen LogP contribution is 2.01. The van der Waals surface area contributed by atoms with E-state index in [2.05, 4.69) is 31.2 Å². The fourth-order valence-corrected chi connectivity index (χ4v) is 1.89. The quantitative estimate of drug-likeness (QED) is 0.202. The van der Waals surface area contributed by atoms with Crippen LogP contribution in [0.25, 0.3) is 0 Å². The number of ketones is 1. The number of rotatable bonds is 14. The number of carboxylic acids is 1. The van der Waals surface area contributed by atoms with Crippen molar-refractivity contribution in [3.8, 4) is 0 Å². The first kappa shape index (κ1) is 21.1. The summed E-state index contributed by atoms with van der Waals surface area (Å²) >= 11 is 0. The van der Waals surface area contributed by atoms with Gasteiger partial charge in [-0.3, -0.25) is 9.59 Å². The number of hydrogen-bond donors (Lipinski definition) is 1. The molecule has 0 rings (SSSR count). The molecule has 0 spiro atoms. The summed E-state index contributed by atoms with van der Waals surface area (Å²) in [5, 5.41) is 8.47. The third-order valence-corrected chi connectivity index (χ3v) is 3.20. The lowest BCUT2D eigenvalue weighted by Gasteiger charge is -1.92. The van der Waals surface area contributed by atoms with Crippen molar-refractivity contribution in [1.82, 2.24) is 0 Å². The van der Waals surface area contributed by atoms with Gasteiger partial charge in [0, 0.05) is 12.8 Å². The highest BCUT2D eigenvalue weighted by molar-refractivity contribution is 5.90. The maximum absolute atomic E-state index is 11.4. The molecule has 0 aromatic rings. The summed E-state index contributed by atoms with van der Waals surface area (Å²) in [5.74, 6) is -0.885. The van der Waals surface area contributed by atoms with Crippen LogP contribution in [0.15, 0.2) is 48.6 Å². The Morgan fingerprint density at radius 1 is 0.826 bits per heavy atom. The summed E-state index contributed by atoms with van der Waals surface area (Å²) in [4.78, 5) is 21.7. The molecule has 0 heterocycles. The summed E-state index contributed by atoms with van der Waals surface area (Å²) in [5.41, 5.74) is 0. The van der Waals surface area contributed by atoms with Gasteiger partial charge in [-0.25, -0.2) is 0 Å². The van der Waals surface area contributed by atoms with Crippen molar-refractivity contribution < 1.29 is 14.7 Å². The average molecular weight is 318 g/mol. The molecule has 3 heteroatoms. The van der Waals surface area contributed by atoms with E-state index in [-0.39, 0.29) is 12.2 Å². The SMILES string of the molecule is CCCCC/C=C/C/C=C/C/C=C/C=C\C(=O)CCCC(=O)O. The molecule has 0 atom stereocenters. The van der Waals surface area contributed by atoms with Gasteiger partial charge in [-0.1, -0.05) is 62.3 Å². The minimum atomic E-state index is -0.857. The predicted octanol–water partition coefficient (Wildman–Crippen LogP) is 5.40. The lowest BCUT2D eigenvalue weighted by Crippen LogP contribution is -1.97. The Kier molecular flexibility index (Phi) is 15.1. The highest BCUT2D eigenvalue weighted by atomic mass is 16.4. The number of allylic oxidation sites excluding steroid dienone is 8. The van der Waals surface area contributed by atoms with E-state index in [1.54, 1.807) is 6.08 Å².